The van der Waals surface area contributed by atoms with Gasteiger partial charge in [-0.15, -0.1) is 0 Å². The molecule has 0 aliphatic carbocycles. The second-order valence-electron chi connectivity index (χ2n) is 3.66. The molecule has 6 heteroatoms. The summed E-state index contributed by atoms with van der Waals surface area (Å²) >= 11 is 1.37. The first-order valence-electron chi connectivity index (χ1n) is 5.43. The molecule has 0 radical (unpaired) electrons. The summed E-state index contributed by atoms with van der Waals surface area (Å²) in [6, 6.07) is 8.08. The highest BCUT2D eigenvalue weighted by Crippen LogP contribution is 1.99. The quantitative estimate of drug-likeness (QED) is 0.726. The van der Waals surface area contributed by atoms with Crippen molar-refractivity contribution in [1.29, 1.82) is 0 Å². The van der Waals surface area contributed by atoms with Crippen molar-refractivity contribution < 1.29 is 14.7 Å². The van der Waals surface area contributed by atoms with Crippen molar-refractivity contribution in [1.82, 2.24) is 10.6 Å². The Labute approximate surface area is 110 Å². The zero-order valence-corrected chi connectivity index (χ0v) is 10.9. The molecule has 1 aromatic rings. The normalized spacial score (nSPS) is 11.6. The summed E-state index contributed by atoms with van der Waals surface area (Å²) in [6.45, 7) is 0.373. The first kappa shape index (κ1) is 14.4. The van der Waals surface area contributed by atoms with E-state index < -0.39 is 18.0 Å². The Morgan fingerprint density at radius 2 is 2.00 bits per heavy atom. The number of carboxylic acid groups (broad SMARTS) is 1. The third-order valence-corrected chi connectivity index (χ3v) is 2.90. The maximum absolute atomic E-state index is 11.5. The Kier molecular flexibility index (Phi) is 6.07. The van der Waals surface area contributed by atoms with Gasteiger partial charge in [0.2, 0.25) is 0 Å². The minimum Gasteiger partial charge on any atom is -0.480 e. The molecule has 0 saturated carbocycles. The molecular weight excluding hydrogens is 252 g/mol. The number of carbonyl (C=O) groups excluding carboxylic acids is 1. The number of aliphatic carboxylic acids is 1. The summed E-state index contributed by atoms with van der Waals surface area (Å²) in [5.74, 6) is -0.687. The van der Waals surface area contributed by atoms with E-state index in [2.05, 4.69) is 10.6 Å². The molecule has 1 atom stereocenters. The molecule has 1 unspecified atom stereocenters. The zero-order chi connectivity index (χ0) is 13.4. The lowest BCUT2D eigenvalue weighted by atomic mass is 10.2. The third-order valence-electron chi connectivity index (χ3n) is 2.23. The maximum Gasteiger partial charge on any atom is 0.327 e. The lowest BCUT2D eigenvalue weighted by Crippen LogP contribution is -2.47. The van der Waals surface area contributed by atoms with Gasteiger partial charge in [0.1, 0.15) is 6.04 Å². The lowest BCUT2D eigenvalue weighted by Gasteiger charge is -2.14. The van der Waals surface area contributed by atoms with Crippen LogP contribution in [-0.4, -0.2) is 35.2 Å². The maximum atomic E-state index is 11.5. The second-order valence-corrected chi connectivity index (χ2v) is 4.57. The van der Waals surface area contributed by atoms with E-state index in [-0.39, 0.29) is 0 Å². The van der Waals surface area contributed by atoms with E-state index in [0.717, 1.165) is 5.56 Å². The fraction of sp³-hybridized carbons (Fsp3) is 0.333. The van der Waals surface area contributed by atoms with E-state index in [1.165, 1.54) is 11.8 Å². The van der Waals surface area contributed by atoms with Gasteiger partial charge in [-0.1, -0.05) is 30.3 Å². The van der Waals surface area contributed by atoms with Crippen LogP contribution >= 0.6 is 11.8 Å². The summed E-state index contributed by atoms with van der Waals surface area (Å²) in [7, 11) is 0. The van der Waals surface area contributed by atoms with Crippen LogP contribution in [0.5, 0.6) is 0 Å². The molecule has 98 valence electrons. The summed E-state index contributed by atoms with van der Waals surface area (Å²) in [5.41, 5.74) is 0.962. The van der Waals surface area contributed by atoms with Gasteiger partial charge < -0.3 is 15.7 Å². The zero-order valence-electron chi connectivity index (χ0n) is 10.1. The van der Waals surface area contributed by atoms with Crippen LogP contribution in [0.15, 0.2) is 30.3 Å². The minimum absolute atomic E-state index is 0.341. The topological polar surface area (TPSA) is 78.4 Å². The first-order chi connectivity index (χ1) is 8.63. The van der Waals surface area contributed by atoms with Crippen LogP contribution in [0.1, 0.15) is 5.56 Å². The average Bonchev–Trinajstić information content (AvgIpc) is 2.37. The van der Waals surface area contributed by atoms with Crippen LogP contribution in [-0.2, 0) is 11.3 Å². The monoisotopic (exact) mass is 268 g/mol. The fourth-order valence-electron chi connectivity index (χ4n) is 1.33. The SMILES string of the molecule is CSCC(NC(=O)NCc1ccccc1)C(=O)O. The number of hydrogen-bond donors (Lipinski definition) is 3. The largest absolute Gasteiger partial charge is 0.480 e. The van der Waals surface area contributed by atoms with E-state index >= 15 is 0 Å². The number of amides is 2. The van der Waals surface area contributed by atoms with Gasteiger partial charge in [0.05, 0.1) is 0 Å². The number of benzene rings is 1. The lowest BCUT2D eigenvalue weighted by molar-refractivity contribution is -0.138. The van der Waals surface area contributed by atoms with Crippen molar-refractivity contribution in [3.8, 4) is 0 Å². The second kappa shape index (κ2) is 7.60. The van der Waals surface area contributed by atoms with Gasteiger partial charge in [0.15, 0.2) is 0 Å². The molecule has 0 aromatic heterocycles. The van der Waals surface area contributed by atoms with Crippen LogP contribution in [0.2, 0.25) is 0 Å². The predicted molar refractivity (Wildman–Crippen MR) is 71.6 cm³/mol. The smallest absolute Gasteiger partial charge is 0.327 e. The molecule has 0 aliphatic rings. The van der Waals surface area contributed by atoms with Gasteiger partial charge in [-0.2, -0.15) is 11.8 Å². The van der Waals surface area contributed by atoms with E-state index in [0.29, 0.717) is 12.3 Å². The van der Waals surface area contributed by atoms with Gasteiger partial charge in [0, 0.05) is 12.3 Å². The van der Waals surface area contributed by atoms with Crippen molar-refractivity contribution >= 4 is 23.8 Å². The number of urea groups is 1. The molecule has 1 rings (SSSR count). The molecule has 18 heavy (non-hydrogen) atoms. The van der Waals surface area contributed by atoms with Crippen molar-refractivity contribution in [2.75, 3.05) is 12.0 Å². The highest BCUT2D eigenvalue weighted by Gasteiger charge is 2.18. The van der Waals surface area contributed by atoms with Gasteiger partial charge in [-0.3, -0.25) is 0 Å². The highest BCUT2D eigenvalue weighted by atomic mass is 32.2. The molecule has 0 aliphatic heterocycles. The van der Waals surface area contributed by atoms with Crippen LogP contribution in [0.25, 0.3) is 0 Å². The highest BCUT2D eigenvalue weighted by molar-refractivity contribution is 7.98. The molecule has 0 heterocycles. The number of thioether (sulfide) groups is 1. The average molecular weight is 268 g/mol. The van der Waals surface area contributed by atoms with Crippen molar-refractivity contribution in [3.63, 3.8) is 0 Å². The van der Waals surface area contributed by atoms with Gasteiger partial charge in [0.25, 0.3) is 0 Å². The van der Waals surface area contributed by atoms with Gasteiger partial charge in [-0.05, 0) is 11.8 Å². The number of hydrogen-bond acceptors (Lipinski definition) is 3. The summed E-state index contributed by atoms with van der Waals surface area (Å²) < 4.78 is 0. The molecule has 0 bridgehead atoms. The standard InChI is InChI=1S/C12H16N2O3S/c1-18-8-10(11(15)16)14-12(17)13-7-9-5-3-2-4-6-9/h2-6,10H,7-8H2,1H3,(H,15,16)(H2,13,14,17). The Morgan fingerprint density at radius 1 is 1.33 bits per heavy atom. The molecule has 5 nitrogen and oxygen atoms in total. The Balaban J connectivity index is 2.39. The molecule has 0 saturated heterocycles. The predicted octanol–water partition coefficient (Wildman–Crippen LogP) is 1.30. The molecule has 0 spiro atoms. The molecule has 0 fully saturated rings. The Bertz CT molecular complexity index is 398. The number of nitrogens with one attached hydrogen (secondary N) is 2. The van der Waals surface area contributed by atoms with Crippen molar-refractivity contribution in [2.45, 2.75) is 12.6 Å². The van der Waals surface area contributed by atoms with Crippen molar-refractivity contribution in [3.05, 3.63) is 35.9 Å². The van der Waals surface area contributed by atoms with E-state index in [9.17, 15) is 9.59 Å². The minimum atomic E-state index is -1.03. The summed E-state index contributed by atoms with van der Waals surface area (Å²) in [4.78, 5) is 22.4. The van der Waals surface area contributed by atoms with E-state index in [1.807, 2.05) is 30.3 Å². The number of carbonyl (C=O) groups is 2. The Morgan fingerprint density at radius 3 is 2.56 bits per heavy atom. The third kappa shape index (κ3) is 5.09. The molecular formula is C12H16N2O3S. The van der Waals surface area contributed by atoms with Gasteiger partial charge in [-0.25, -0.2) is 9.59 Å². The first-order valence-corrected chi connectivity index (χ1v) is 6.83. The van der Waals surface area contributed by atoms with Crippen LogP contribution < -0.4 is 10.6 Å². The van der Waals surface area contributed by atoms with Gasteiger partial charge >= 0.3 is 12.0 Å². The van der Waals surface area contributed by atoms with E-state index in [4.69, 9.17) is 5.11 Å². The molecule has 3 N–H and O–H groups in total. The van der Waals surface area contributed by atoms with Crippen LogP contribution in [0, 0.1) is 0 Å². The van der Waals surface area contributed by atoms with Crippen molar-refractivity contribution in [2.24, 2.45) is 0 Å². The molecule has 1 aromatic carbocycles. The Hall–Kier alpha value is -1.69. The molecule has 2 amide bonds. The number of carboxylic acids is 1. The van der Waals surface area contributed by atoms with Crippen LogP contribution in [0.3, 0.4) is 0 Å². The summed E-state index contributed by atoms with van der Waals surface area (Å²) in [6.07, 6.45) is 1.79. The van der Waals surface area contributed by atoms with Crippen LogP contribution in [0.4, 0.5) is 4.79 Å². The number of rotatable bonds is 6. The van der Waals surface area contributed by atoms with E-state index in [1.54, 1.807) is 6.26 Å². The fourth-order valence-corrected chi connectivity index (χ4v) is 1.89. The summed E-state index contributed by atoms with van der Waals surface area (Å²) in [5, 5.41) is 13.9.